The average Bonchev–Trinajstić information content (AvgIpc) is 3.01. The predicted octanol–water partition coefficient (Wildman–Crippen LogP) is 3.37. The standard InChI is InChI=1S/C16H13N3O/c1-11-6-2-3-7-12(11)10-15-17-18-16-19(15)13-8-4-5-9-14(13)20-16/h2-9H,10H2,1H3. The fraction of sp³-hybridized carbons (Fsp3) is 0.125. The molecule has 4 rings (SSSR count). The van der Waals surface area contributed by atoms with Gasteiger partial charge in [0.05, 0.1) is 5.52 Å². The van der Waals surface area contributed by atoms with Gasteiger partial charge in [0.1, 0.15) is 5.82 Å². The zero-order chi connectivity index (χ0) is 13.5. The third kappa shape index (κ3) is 1.61. The highest BCUT2D eigenvalue weighted by Crippen LogP contribution is 2.22. The number of para-hydroxylation sites is 2. The van der Waals surface area contributed by atoms with E-state index in [0.717, 1.165) is 23.3 Å². The summed E-state index contributed by atoms with van der Waals surface area (Å²) < 4.78 is 7.68. The van der Waals surface area contributed by atoms with Crippen LogP contribution in [0.15, 0.2) is 52.9 Å². The molecule has 0 saturated carbocycles. The Morgan fingerprint density at radius 2 is 1.80 bits per heavy atom. The molecule has 2 aromatic heterocycles. The molecular formula is C16H13N3O. The van der Waals surface area contributed by atoms with Crippen LogP contribution in [-0.2, 0) is 6.42 Å². The van der Waals surface area contributed by atoms with Crippen LogP contribution in [0, 0.1) is 6.92 Å². The zero-order valence-electron chi connectivity index (χ0n) is 11.1. The Labute approximate surface area is 115 Å². The molecule has 0 aliphatic rings. The second-order valence-electron chi connectivity index (χ2n) is 4.91. The van der Waals surface area contributed by atoms with E-state index in [1.165, 1.54) is 11.1 Å². The van der Waals surface area contributed by atoms with Gasteiger partial charge in [-0.25, -0.2) is 4.40 Å². The zero-order valence-corrected chi connectivity index (χ0v) is 11.1. The topological polar surface area (TPSA) is 43.3 Å². The van der Waals surface area contributed by atoms with Gasteiger partial charge in [-0.15, -0.1) is 5.10 Å². The number of nitrogens with zero attached hydrogens (tertiary/aromatic N) is 3. The first kappa shape index (κ1) is 11.2. The molecule has 0 unspecified atom stereocenters. The third-order valence-corrected chi connectivity index (χ3v) is 3.62. The van der Waals surface area contributed by atoms with E-state index in [2.05, 4.69) is 29.3 Å². The van der Waals surface area contributed by atoms with Crippen molar-refractivity contribution in [3.05, 3.63) is 65.5 Å². The summed E-state index contributed by atoms with van der Waals surface area (Å²) in [5.74, 6) is 1.45. The van der Waals surface area contributed by atoms with E-state index in [0.29, 0.717) is 5.84 Å². The fourth-order valence-electron chi connectivity index (χ4n) is 2.53. The predicted molar refractivity (Wildman–Crippen MR) is 76.7 cm³/mol. The molecule has 2 heterocycles. The van der Waals surface area contributed by atoms with E-state index < -0.39 is 0 Å². The maximum Gasteiger partial charge on any atom is 0.327 e. The lowest BCUT2D eigenvalue weighted by Crippen LogP contribution is -1.97. The lowest BCUT2D eigenvalue weighted by atomic mass is 10.1. The molecule has 0 spiro atoms. The minimum Gasteiger partial charge on any atom is -0.422 e. The molecule has 0 saturated heterocycles. The van der Waals surface area contributed by atoms with Gasteiger partial charge in [0.15, 0.2) is 5.58 Å². The Bertz CT molecular complexity index is 904. The van der Waals surface area contributed by atoms with Crippen molar-refractivity contribution in [2.75, 3.05) is 0 Å². The lowest BCUT2D eigenvalue weighted by Gasteiger charge is -2.03. The Balaban J connectivity index is 1.90. The van der Waals surface area contributed by atoms with Gasteiger partial charge in [0.25, 0.3) is 0 Å². The molecule has 2 aromatic carbocycles. The summed E-state index contributed by atoms with van der Waals surface area (Å²) in [5.41, 5.74) is 4.36. The van der Waals surface area contributed by atoms with E-state index in [-0.39, 0.29) is 0 Å². The molecule has 0 aliphatic heterocycles. The van der Waals surface area contributed by atoms with Crippen LogP contribution < -0.4 is 0 Å². The average molecular weight is 263 g/mol. The van der Waals surface area contributed by atoms with Crippen LogP contribution in [0.1, 0.15) is 17.0 Å². The first-order chi connectivity index (χ1) is 9.83. The number of rotatable bonds is 2. The molecule has 0 radical (unpaired) electrons. The van der Waals surface area contributed by atoms with Crippen molar-refractivity contribution >= 4 is 16.9 Å². The second-order valence-corrected chi connectivity index (χ2v) is 4.91. The minimum atomic E-state index is 0.551. The number of hydrogen-bond donors (Lipinski definition) is 0. The number of fused-ring (bicyclic) bond motifs is 3. The van der Waals surface area contributed by atoms with Crippen LogP contribution in [0.3, 0.4) is 0 Å². The van der Waals surface area contributed by atoms with E-state index in [1.807, 2.05) is 40.8 Å². The number of aryl methyl sites for hydroxylation is 1. The minimum absolute atomic E-state index is 0.551. The van der Waals surface area contributed by atoms with Gasteiger partial charge in [-0.3, -0.25) is 0 Å². The van der Waals surface area contributed by atoms with E-state index in [9.17, 15) is 0 Å². The van der Waals surface area contributed by atoms with Crippen LogP contribution in [-0.4, -0.2) is 14.6 Å². The highest BCUT2D eigenvalue weighted by Gasteiger charge is 2.14. The van der Waals surface area contributed by atoms with Crippen molar-refractivity contribution in [2.45, 2.75) is 13.3 Å². The Kier molecular flexibility index (Phi) is 2.36. The molecule has 4 nitrogen and oxygen atoms in total. The second kappa shape index (κ2) is 4.20. The van der Waals surface area contributed by atoms with Crippen LogP contribution in [0.2, 0.25) is 0 Å². The van der Waals surface area contributed by atoms with E-state index in [4.69, 9.17) is 4.42 Å². The summed E-state index contributed by atoms with van der Waals surface area (Å²) in [6.07, 6.45) is 0.747. The monoisotopic (exact) mass is 263 g/mol. The molecule has 0 N–H and O–H groups in total. The molecule has 0 amide bonds. The molecule has 0 atom stereocenters. The number of aromatic nitrogens is 3. The molecule has 4 aromatic rings. The summed E-state index contributed by atoms with van der Waals surface area (Å²) in [6.45, 7) is 2.11. The Morgan fingerprint density at radius 3 is 2.70 bits per heavy atom. The summed E-state index contributed by atoms with van der Waals surface area (Å²) in [5, 5.41) is 8.39. The van der Waals surface area contributed by atoms with Gasteiger partial charge in [-0.05, 0) is 30.2 Å². The molecule has 4 heteroatoms. The quantitative estimate of drug-likeness (QED) is 0.557. The smallest absolute Gasteiger partial charge is 0.327 e. The van der Waals surface area contributed by atoms with Gasteiger partial charge < -0.3 is 4.42 Å². The molecular weight excluding hydrogens is 250 g/mol. The van der Waals surface area contributed by atoms with Gasteiger partial charge in [0, 0.05) is 6.42 Å². The van der Waals surface area contributed by atoms with E-state index >= 15 is 0 Å². The van der Waals surface area contributed by atoms with Crippen molar-refractivity contribution < 1.29 is 4.42 Å². The number of hydrogen-bond acceptors (Lipinski definition) is 3. The third-order valence-electron chi connectivity index (χ3n) is 3.62. The van der Waals surface area contributed by atoms with Gasteiger partial charge in [0.2, 0.25) is 0 Å². The molecule has 0 bridgehead atoms. The van der Waals surface area contributed by atoms with Crippen molar-refractivity contribution in [2.24, 2.45) is 0 Å². The normalized spacial score (nSPS) is 11.4. The van der Waals surface area contributed by atoms with Crippen molar-refractivity contribution in [3.63, 3.8) is 0 Å². The van der Waals surface area contributed by atoms with Gasteiger partial charge in [-0.1, -0.05) is 41.5 Å². The molecule has 0 fully saturated rings. The van der Waals surface area contributed by atoms with Gasteiger partial charge >= 0.3 is 5.84 Å². The lowest BCUT2D eigenvalue weighted by molar-refractivity contribution is 0.637. The largest absolute Gasteiger partial charge is 0.422 e. The number of benzene rings is 2. The summed E-state index contributed by atoms with van der Waals surface area (Å²) in [6, 6.07) is 16.3. The fourth-order valence-corrected chi connectivity index (χ4v) is 2.53. The van der Waals surface area contributed by atoms with Crippen molar-refractivity contribution in [1.29, 1.82) is 0 Å². The Morgan fingerprint density at radius 1 is 1.00 bits per heavy atom. The maximum absolute atomic E-state index is 5.69. The SMILES string of the molecule is Cc1ccccc1Cc1nnc2oc3ccccc3n12. The van der Waals surface area contributed by atoms with Crippen LogP contribution in [0.4, 0.5) is 0 Å². The maximum atomic E-state index is 5.69. The van der Waals surface area contributed by atoms with Crippen LogP contribution in [0.5, 0.6) is 0 Å². The van der Waals surface area contributed by atoms with E-state index in [1.54, 1.807) is 0 Å². The highest BCUT2D eigenvalue weighted by atomic mass is 16.4. The van der Waals surface area contributed by atoms with Crippen molar-refractivity contribution in [1.82, 2.24) is 14.6 Å². The van der Waals surface area contributed by atoms with Crippen LogP contribution in [0.25, 0.3) is 16.9 Å². The summed E-state index contributed by atoms with van der Waals surface area (Å²) >= 11 is 0. The summed E-state index contributed by atoms with van der Waals surface area (Å²) in [4.78, 5) is 0. The Hall–Kier alpha value is -2.62. The summed E-state index contributed by atoms with van der Waals surface area (Å²) in [7, 11) is 0. The first-order valence-corrected chi connectivity index (χ1v) is 6.59. The molecule has 20 heavy (non-hydrogen) atoms. The van der Waals surface area contributed by atoms with Crippen LogP contribution >= 0.6 is 0 Å². The van der Waals surface area contributed by atoms with Gasteiger partial charge in [-0.2, -0.15) is 0 Å². The first-order valence-electron chi connectivity index (χ1n) is 6.59. The van der Waals surface area contributed by atoms with Crippen molar-refractivity contribution in [3.8, 4) is 0 Å². The highest BCUT2D eigenvalue weighted by molar-refractivity contribution is 5.76. The number of oxazole rings is 1. The molecule has 0 aliphatic carbocycles. The molecule has 98 valence electrons.